The van der Waals surface area contributed by atoms with E-state index in [-0.39, 0.29) is 6.10 Å². The van der Waals surface area contributed by atoms with Crippen LogP contribution in [-0.2, 0) is 10.4 Å². The van der Waals surface area contributed by atoms with E-state index in [0.29, 0.717) is 11.1 Å². The molecule has 0 aromatic heterocycles. The molecule has 0 fully saturated rings. The van der Waals surface area contributed by atoms with Crippen LogP contribution in [0.5, 0.6) is 5.75 Å². The summed E-state index contributed by atoms with van der Waals surface area (Å²) in [7, 11) is 0. The molecule has 0 atom stereocenters. The molecule has 0 saturated carbocycles. The molecule has 2 N–H and O–H groups in total. The molecule has 0 unspecified atom stereocenters. The number of nitrogens with zero attached hydrogens (tertiary/aromatic N) is 1. The van der Waals surface area contributed by atoms with Gasteiger partial charge in [0.15, 0.2) is 5.60 Å². The Hall–Kier alpha value is -3.44. The maximum absolute atomic E-state index is 12.9. The van der Waals surface area contributed by atoms with E-state index < -0.39 is 11.5 Å². The summed E-state index contributed by atoms with van der Waals surface area (Å²) in [6.07, 6.45) is 1.62. The van der Waals surface area contributed by atoms with Gasteiger partial charge >= 0.3 is 0 Å². The van der Waals surface area contributed by atoms with Crippen LogP contribution >= 0.6 is 0 Å². The van der Waals surface area contributed by atoms with Gasteiger partial charge in [-0.05, 0) is 54.8 Å². The topological polar surface area (TPSA) is 70.9 Å². The van der Waals surface area contributed by atoms with Crippen molar-refractivity contribution in [1.82, 2.24) is 5.43 Å². The predicted octanol–water partition coefficient (Wildman–Crippen LogP) is 3.86. The van der Waals surface area contributed by atoms with Crippen LogP contribution in [0.15, 0.2) is 90.0 Å². The van der Waals surface area contributed by atoms with E-state index in [1.54, 1.807) is 48.5 Å². The van der Waals surface area contributed by atoms with Crippen molar-refractivity contribution < 1.29 is 14.6 Å². The lowest BCUT2D eigenvalue weighted by Crippen LogP contribution is -2.43. The Morgan fingerprint density at radius 1 is 0.931 bits per heavy atom. The third-order valence-electron chi connectivity index (χ3n) is 4.34. The lowest BCUT2D eigenvalue weighted by Gasteiger charge is -2.27. The lowest BCUT2D eigenvalue weighted by molar-refractivity contribution is -0.136. The number of nitrogens with one attached hydrogen (secondary N) is 1. The molecule has 5 nitrogen and oxygen atoms in total. The van der Waals surface area contributed by atoms with Gasteiger partial charge in [0.2, 0.25) is 0 Å². The Morgan fingerprint density at radius 3 is 1.93 bits per heavy atom. The number of hydrogen-bond acceptors (Lipinski definition) is 4. The predicted molar refractivity (Wildman–Crippen MR) is 114 cm³/mol. The molecule has 0 radical (unpaired) electrons. The molecule has 0 heterocycles. The molecule has 148 valence electrons. The van der Waals surface area contributed by atoms with E-state index in [0.717, 1.165) is 11.3 Å². The van der Waals surface area contributed by atoms with Crippen molar-refractivity contribution in [1.29, 1.82) is 0 Å². The minimum atomic E-state index is -1.85. The molecular formula is C24H24N2O3. The molecule has 0 aliphatic rings. The Morgan fingerprint density at radius 2 is 1.45 bits per heavy atom. The standard InChI is InChI=1S/C24H24N2O3/c1-18(2)29-22-15-13-19(14-16-22)17-25-26-23(27)24(28,20-9-5-3-6-10-20)21-11-7-4-8-12-21/h3-18,28H,1-2H3,(H,26,27). The maximum atomic E-state index is 12.9. The van der Waals surface area contributed by atoms with Crippen LogP contribution in [0.1, 0.15) is 30.5 Å². The highest BCUT2D eigenvalue weighted by atomic mass is 16.5. The molecule has 3 rings (SSSR count). The molecule has 0 spiro atoms. The number of hydrogen-bond donors (Lipinski definition) is 2. The summed E-state index contributed by atoms with van der Waals surface area (Å²) in [5, 5.41) is 15.4. The van der Waals surface area contributed by atoms with Crippen LogP contribution in [0, 0.1) is 0 Å². The smallest absolute Gasteiger partial charge is 0.281 e. The van der Waals surface area contributed by atoms with Gasteiger partial charge in [-0.25, -0.2) is 5.43 Å². The van der Waals surface area contributed by atoms with Crippen LogP contribution in [0.2, 0.25) is 0 Å². The number of ether oxygens (including phenoxy) is 1. The highest BCUT2D eigenvalue weighted by Crippen LogP contribution is 2.29. The second-order valence-electron chi connectivity index (χ2n) is 6.88. The summed E-state index contributed by atoms with van der Waals surface area (Å²) in [5.74, 6) is 0.134. The first-order valence-corrected chi connectivity index (χ1v) is 9.44. The average Bonchev–Trinajstić information content (AvgIpc) is 2.75. The van der Waals surface area contributed by atoms with Gasteiger partial charge in [-0.3, -0.25) is 4.79 Å². The number of carbonyl (C=O) groups excluding carboxylic acids is 1. The molecular weight excluding hydrogens is 364 g/mol. The summed E-state index contributed by atoms with van der Waals surface area (Å²) in [5.41, 5.74) is 2.34. The summed E-state index contributed by atoms with van der Waals surface area (Å²) in [6, 6.07) is 25.0. The van der Waals surface area contributed by atoms with Gasteiger partial charge in [0.05, 0.1) is 12.3 Å². The van der Waals surface area contributed by atoms with Crippen LogP contribution in [-0.4, -0.2) is 23.3 Å². The number of rotatable bonds is 7. The van der Waals surface area contributed by atoms with E-state index in [9.17, 15) is 9.90 Å². The second-order valence-corrected chi connectivity index (χ2v) is 6.88. The van der Waals surface area contributed by atoms with Crippen molar-refractivity contribution >= 4 is 12.1 Å². The minimum absolute atomic E-state index is 0.0995. The zero-order valence-electron chi connectivity index (χ0n) is 16.4. The first-order chi connectivity index (χ1) is 14.0. The third kappa shape index (κ3) is 4.89. The summed E-state index contributed by atoms with van der Waals surface area (Å²) >= 11 is 0. The average molecular weight is 388 g/mol. The fraction of sp³-hybridized carbons (Fsp3) is 0.167. The normalized spacial score (nSPS) is 11.6. The van der Waals surface area contributed by atoms with Crippen LogP contribution in [0.25, 0.3) is 0 Å². The first-order valence-electron chi connectivity index (χ1n) is 9.44. The number of carbonyl (C=O) groups is 1. The molecule has 0 aliphatic carbocycles. The highest BCUT2D eigenvalue weighted by molar-refractivity contribution is 5.91. The SMILES string of the molecule is CC(C)Oc1ccc(C=NNC(=O)C(O)(c2ccccc2)c2ccccc2)cc1. The zero-order chi connectivity index (χ0) is 20.7. The molecule has 1 amide bonds. The molecule has 3 aromatic carbocycles. The van der Waals surface area contributed by atoms with Crippen LogP contribution < -0.4 is 10.2 Å². The van der Waals surface area contributed by atoms with Gasteiger partial charge in [-0.1, -0.05) is 60.7 Å². The maximum Gasteiger partial charge on any atom is 0.281 e. The fourth-order valence-electron chi connectivity index (χ4n) is 2.94. The molecule has 5 heteroatoms. The largest absolute Gasteiger partial charge is 0.491 e. The number of hydrazone groups is 1. The van der Waals surface area contributed by atoms with Crippen molar-refractivity contribution in [2.24, 2.45) is 5.10 Å². The molecule has 0 aliphatic heterocycles. The van der Waals surface area contributed by atoms with E-state index in [4.69, 9.17) is 4.74 Å². The molecule has 3 aromatic rings. The molecule has 0 saturated heterocycles. The second kappa shape index (κ2) is 9.17. The van der Waals surface area contributed by atoms with Gasteiger partial charge in [-0.2, -0.15) is 5.10 Å². The number of amides is 1. The summed E-state index contributed by atoms with van der Waals surface area (Å²) < 4.78 is 5.61. The van der Waals surface area contributed by atoms with Gasteiger partial charge in [0, 0.05) is 0 Å². The zero-order valence-corrected chi connectivity index (χ0v) is 16.4. The number of benzene rings is 3. The lowest BCUT2D eigenvalue weighted by atomic mass is 9.85. The highest BCUT2D eigenvalue weighted by Gasteiger charge is 2.39. The van der Waals surface area contributed by atoms with Crippen LogP contribution in [0.4, 0.5) is 0 Å². The Balaban J connectivity index is 1.78. The molecule has 0 bridgehead atoms. The first kappa shape index (κ1) is 20.3. The van der Waals surface area contributed by atoms with Crippen molar-refractivity contribution in [2.45, 2.75) is 25.6 Å². The quantitative estimate of drug-likeness (QED) is 0.477. The fourth-order valence-corrected chi connectivity index (χ4v) is 2.94. The summed E-state index contributed by atoms with van der Waals surface area (Å²) in [4.78, 5) is 12.9. The van der Waals surface area contributed by atoms with Crippen molar-refractivity contribution in [2.75, 3.05) is 0 Å². The van der Waals surface area contributed by atoms with Crippen molar-refractivity contribution in [3.05, 3.63) is 102 Å². The molecule has 29 heavy (non-hydrogen) atoms. The van der Waals surface area contributed by atoms with Gasteiger partial charge in [-0.15, -0.1) is 0 Å². The van der Waals surface area contributed by atoms with Gasteiger partial charge in [0.1, 0.15) is 5.75 Å². The number of aliphatic hydroxyl groups is 1. The van der Waals surface area contributed by atoms with Gasteiger partial charge in [0.25, 0.3) is 5.91 Å². The van der Waals surface area contributed by atoms with Crippen molar-refractivity contribution in [3.63, 3.8) is 0 Å². The minimum Gasteiger partial charge on any atom is -0.491 e. The van der Waals surface area contributed by atoms with Gasteiger partial charge < -0.3 is 9.84 Å². The van der Waals surface area contributed by atoms with E-state index in [2.05, 4.69) is 10.5 Å². The van der Waals surface area contributed by atoms with E-state index in [1.165, 1.54) is 6.21 Å². The Bertz CT molecular complexity index is 913. The Labute approximate surface area is 170 Å². The monoisotopic (exact) mass is 388 g/mol. The van der Waals surface area contributed by atoms with Crippen molar-refractivity contribution in [3.8, 4) is 5.75 Å². The third-order valence-corrected chi connectivity index (χ3v) is 4.34. The summed E-state index contributed by atoms with van der Waals surface area (Å²) in [6.45, 7) is 3.93. The van der Waals surface area contributed by atoms with E-state index >= 15 is 0 Å². The van der Waals surface area contributed by atoms with Crippen LogP contribution in [0.3, 0.4) is 0 Å². The Kier molecular flexibility index (Phi) is 6.42. The van der Waals surface area contributed by atoms with E-state index in [1.807, 2.05) is 50.2 Å².